The number of fused-ring (bicyclic) bond motifs is 1. The lowest BCUT2D eigenvalue weighted by Crippen LogP contribution is -2.17. The van der Waals surface area contributed by atoms with Gasteiger partial charge in [-0.05, 0) is 48.2 Å². The van der Waals surface area contributed by atoms with E-state index in [9.17, 15) is 4.79 Å². The van der Waals surface area contributed by atoms with Gasteiger partial charge in [0.1, 0.15) is 0 Å². The molecule has 0 saturated carbocycles. The van der Waals surface area contributed by atoms with Gasteiger partial charge in [-0.25, -0.2) is 0 Å². The smallest absolute Gasteiger partial charge is 0.150 e. The van der Waals surface area contributed by atoms with Crippen molar-refractivity contribution in [2.24, 2.45) is 0 Å². The maximum Gasteiger partial charge on any atom is 0.150 e. The third-order valence-electron chi connectivity index (χ3n) is 3.85. The van der Waals surface area contributed by atoms with Gasteiger partial charge in [-0.3, -0.25) is 4.79 Å². The van der Waals surface area contributed by atoms with Crippen LogP contribution in [-0.2, 0) is 0 Å². The summed E-state index contributed by atoms with van der Waals surface area (Å²) in [5.74, 6) is 0. The fourth-order valence-corrected chi connectivity index (χ4v) is 2.77. The molecule has 1 fully saturated rings. The molecular weight excluding hydrogens is 222 g/mol. The van der Waals surface area contributed by atoms with E-state index in [2.05, 4.69) is 29.2 Å². The molecule has 2 nitrogen and oxygen atoms in total. The molecule has 1 aliphatic rings. The highest BCUT2D eigenvalue weighted by Gasteiger charge is 2.13. The molecular formula is C16H17NO. The summed E-state index contributed by atoms with van der Waals surface area (Å²) in [6, 6.07) is 10.6. The monoisotopic (exact) mass is 239 g/mol. The summed E-state index contributed by atoms with van der Waals surface area (Å²) in [6.45, 7) is 4.26. The molecule has 0 radical (unpaired) electrons. The lowest BCUT2D eigenvalue weighted by Gasteiger charge is -2.18. The van der Waals surface area contributed by atoms with Gasteiger partial charge >= 0.3 is 0 Å². The molecule has 0 amide bonds. The molecule has 1 aliphatic heterocycles. The third-order valence-corrected chi connectivity index (χ3v) is 3.85. The van der Waals surface area contributed by atoms with Crippen molar-refractivity contribution in [3.8, 4) is 0 Å². The highest BCUT2D eigenvalue weighted by molar-refractivity contribution is 6.00. The average Bonchev–Trinajstić information content (AvgIpc) is 2.92. The maximum atomic E-state index is 11.3. The van der Waals surface area contributed by atoms with Crippen molar-refractivity contribution in [1.82, 2.24) is 0 Å². The van der Waals surface area contributed by atoms with Gasteiger partial charge in [0.05, 0.1) is 0 Å². The van der Waals surface area contributed by atoms with Gasteiger partial charge in [-0.15, -0.1) is 0 Å². The van der Waals surface area contributed by atoms with E-state index in [0.29, 0.717) is 0 Å². The van der Waals surface area contributed by atoms with Crippen molar-refractivity contribution >= 4 is 22.7 Å². The minimum atomic E-state index is 0.827. The molecule has 18 heavy (non-hydrogen) atoms. The number of rotatable bonds is 2. The topological polar surface area (TPSA) is 20.3 Å². The molecule has 0 N–H and O–H groups in total. The number of carbonyl (C=O) groups excluding carboxylic acids is 1. The highest BCUT2D eigenvalue weighted by Crippen LogP contribution is 2.28. The minimum absolute atomic E-state index is 0.827. The molecule has 3 rings (SSSR count). The molecule has 2 aromatic carbocycles. The van der Waals surface area contributed by atoms with Crippen molar-refractivity contribution in [2.45, 2.75) is 19.8 Å². The van der Waals surface area contributed by atoms with Gasteiger partial charge in [0, 0.05) is 24.3 Å². The minimum Gasteiger partial charge on any atom is -0.372 e. The van der Waals surface area contributed by atoms with Crippen LogP contribution in [-0.4, -0.2) is 19.4 Å². The van der Waals surface area contributed by atoms with Gasteiger partial charge in [0.25, 0.3) is 0 Å². The van der Waals surface area contributed by atoms with Gasteiger partial charge in [-0.2, -0.15) is 0 Å². The normalized spacial score (nSPS) is 15.3. The first-order valence-corrected chi connectivity index (χ1v) is 6.53. The van der Waals surface area contributed by atoms with Crippen LogP contribution in [0.3, 0.4) is 0 Å². The fourth-order valence-electron chi connectivity index (χ4n) is 2.77. The highest BCUT2D eigenvalue weighted by atomic mass is 16.1. The van der Waals surface area contributed by atoms with Crippen molar-refractivity contribution in [2.75, 3.05) is 18.0 Å². The molecule has 2 heteroatoms. The van der Waals surface area contributed by atoms with Crippen LogP contribution in [0.25, 0.3) is 10.8 Å². The van der Waals surface area contributed by atoms with Crippen LogP contribution in [0.4, 0.5) is 5.69 Å². The third kappa shape index (κ3) is 1.78. The molecule has 0 unspecified atom stereocenters. The number of benzene rings is 2. The maximum absolute atomic E-state index is 11.3. The Balaban J connectivity index is 2.17. The van der Waals surface area contributed by atoms with E-state index in [1.165, 1.54) is 18.5 Å². The number of hydrogen-bond donors (Lipinski definition) is 0. The molecule has 0 aliphatic carbocycles. The Kier molecular flexibility index (Phi) is 2.78. The van der Waals surface area contributed by atoms with Crippen LogP contribution in [0.1, 0.15) is 28.8 Å². The second-order valence-electron chi connectivity index (χ2n) is 5.01. The summed E-state index contributed by atoms with van der Waals surface area (Å²) >= 11 is 0. The summed E-state index contributed by atoms with van der Waals surface area (Å²) in [6.07, 6.45) is 3.52. The second kappa shape index (κ2) is 4.45. The second-order valence-corrected chi connectivity index (χ2v) is 5.01. The van der Waals surface area contributed by atoms with Crippen molar-refractivity contribution in [3.63, 3.8) is 0 Å². The predicted molar refractivity (Wildman–Crippen MR) is 75.5 cm³/mol. The van der Waals surface area contributed by atoms with Crippen LogP contribution in [0.15, 0.2) is 30.3 Å². The van der Waals surface area contributed by atoms with E-state index >= 15 is 0 Å². The molecule has 2 aromatic rings. The number of carbonyl (C=O) groups is 1. The zero-order valence-corrected chi connectivity index (χ0v) is 10.6. The van der Waals surface area contributed by atoms with Crippen LogP contribution < -0.4 is 4.90 Å². The largest absolute Gasteiger partial charge is 0.372 e. The Hall–Kier alpha value is -1.83. The summed E-state index contributed by atoms with van der Waals surface area (Å²) in [5, 5.41) is 2.22. The molecule has 92 valence electrons. The van der Waals surface area contributed by atoms with Crippen molar-refractivity contribution in [3.05, 3.63) is 41.5 Å². The summed E-state index contributed by atoms with van der Waals surface area (Å²) in [5.41, 5.74) is 3.12. The number of nitrogens with zero attached hydrogens (tertiary/aromatic N) is 1. The standard InChI is InChI=1S/C16H17NO/c1-12-4-5-13-6-7-14(17-8-2-3-9-17)10-15(13)16(12)11-18/h4-7,10-11H,2-3,8-9H2,1H3. The van der Waals surface area contributed by atoms with Gasteiger partial charge in [-0.1, -0.05) is 18.2 Å². The molecule has 1 saturated heterocycles. The van der Waals surface area contributed by atoms with Gasteiger partial charge in [0.15, 0.2) is 6.29 Å². The first kappa shape index (κ1) is 11.3. The quantitative estimate of drug-likeness (QED) is 0.747. The summed E-state index contributed by atoms with van der Waals surface area (Å²) in [7, 11) is 0. The first-order chi connectivity index (χ1) is 8.79. The Morgan fingerprint density at radius 1 is 1.11 bits per heavy atom. The Morgan fingerprint density at radius 2 is 1.83 bits per heavy atom. The van der Waals surface area contributed by atoms with Crippen LogP contribution >= 0.6 is 0 Å². The van der Waals surface area contributed by atoms with Gasteiger partial charge in [0.2, 0.25) is 0 Å². The first-order valence-electron chi connectivity index (χ1n) is 6.53. The van der Waals surface area contributed by atoms with Crippen LogP contribution in [0.5, 0.6) is 0 Å². The predicted octanol–water partition coefficient (Wildman–Crippen LogP) is 3.56. The van der Waals surface area contributed by atoms with Crippen LogP contribution in [0.2, 0.25) is 0 Å². The van der Waals surface area contributed by atoms with E-state index in [-0.39, 0.29) is 0 Å². The molecule has 0 spiro atoms. The molecule has 0 bridgehead atoms. The Morgan fingerprint density at radius 3 is 2.56 bits per heavy atom. The molecule has 1 heterocycles. The van der Waals surface area contributed by atoms with Crippen LogP contribution in [0, 0.1) is 6.92 Å². The lowest BCUT2D eigenvalue weighted by atomic mass is 10.00. The summed E-state index contributed by atoms with van der Waals surface area (Å²) in [4.78, 5) is 13.7. The van der Waals surface area contributed by atoms with Crippen molar-refractivity contribution in [1.29, 1.82) is 0 Å². The Bertz CT molecular complexity index is 597. The van der Waals surface area contributed by atoms with E-state index in [1.807, 2.05) is 13.0 Å². The number of hydrogen-bond acceptors (Lipinski definition) is 2. The van der Waals surface area contributed by atoms with E-state index < -0.39 is 0 Å². The fraction of sp³-hybridized carbons (Fsp3) is 0.312. The van der Waals surface area contributed by atoms with E-state index in [0.717, 1.165) is 41.3 Å². The molecule has 0 aromatic heterocycles. The number of aldehydes is 1. The van der Waals surface area contributed by atoms with E-state index in [1.54, 1.807) is 0 Å². The lowest BCUT2D eigenvalue weighted by molar-refractivity contribution is 0.112. The SMILES string of the molecule is Cc1ccc2ccc(N3CCCC3)cc2c1C=O. The zero-order valence-electron chi connectivity index (χ0n) is 10.6. The van der Waals surface area contributed by atoms with Gasteiger partial charge < -0.3 is 4.90 Å². The number of anilines is 1. The average molecular weight is 239 g/mol. The zero-order chi connectivity index (χ0) is 12.5. The molecule has 0 atom stereocenters. The van der Waals surface area contributed by atoms with Crippen molar-refractivity contribution < 1.29 is 4.79 Å². The Labute approximate surface area is 107 Å². The van der Waals surface area contributed by atoms with E-state index in [4.69, 9.17) is 0 Å². The summed E-state index contributed by atoms with van der Waals surface area (Å²) < 4.78 is 0. The number of aryl methyl sites for hydroxylation is 1.